The number of hydrogen-bond acceptors (Lipinski definition) is 5. The lowest BCUT2D eigenvalue weighted by molar-refractivity contribution is 0.371. The van der Waals surface area contributed by atoms with Gasteiger partial charge in [0.05, 0.1) is 12.1 Å². The Labute approximate surface area is 240 Å². The minimum absolute atomic E-state index is 0.0731. The van der Waals surface area contributed by atoms with E-state index in [2.05, 4.69) is 109 Å². The molecule has 216 valence electrons. The van der Waals surface area contributed by atoms with Crippen molar-refractivity contribution < 1.29 is 0 Å². The Morgan fingerprint density at radius 3 is 2.15 bits per heavy atom. The van der Waals surface area contributed by atoms with Gasteiger partial charge in [0.2, 0.25) is 0 Å². The second-order valence-corrected chi connectivity index (χ2v) is 10.5. The van der Waals surface area contributed by atoms with Crippen molar-refractivity contribution in [1.29, 1.82) is 0 Å². The molecule has 3 atom stereocenters. The van der Waals surface area contributed by atoms with Crippen LogP contribution in [0.3, 0.4) is 0 Å². The summed E-state index contributed by atoms with van der Waals surface area (Å²) in [6, 6.07) is 17.1. The van der Waals surface area contributed by atoms with E-state index in [0.29, 0.717) is 6.42 Å². The molecule has 0 aliphatic carbocycles. The Hall–Kier alpha value is -3.45. The molecule has 2 aliphatic rings. The molecule has 0 radical (unpaired) electrons. The van der Waals surface area contributed by atoms with Crippen LogP contribution in [-0.4, -0.2) is 9.36 Å². The summed E-state index contributed by atoms with van der Waals surface area (Å²) in [5.41, 5.74) is 11.9. The number of unbranched alkanes of at least 4 members (excludes halogenated alkanes) is 1. The second-order valence-electron chi connectivity index (χ2n) is 10.5. The summed E-state index contributed by atoms with van der Waals surface area (Å²) in [6.45, 7) is 16.7. The number of allylic oxidation sites excluding steroid dienone is 2. The highest BCUT2D eigenvalue weighted by Crippen LogP contribution is 2.34. The number of nitrogens with zero attached hydrogens (tertiary/aromatic N) is 4. The van der Waals surface area contributed by atoms with E-state index >= 15 is 0 Å². The highest BCUT2D eigenvalue weighted by atomic mass is 16.1. The molecule has 2 aliphatic heterocycles. The lowest BCUT2D eigenvalue weighted by atomic mass is 9.91. The van der Waals surface area contributed by atoms with Crippen LogP contribution >= 0.6 is 0 Å². The van der Waals surface area contributed by atoms with Crippen LogP contribution in [0.25, 0.3) is 11.1 Å². The van der Waals surface area contributed by atoms with Crippen LogP contribution in [0.1, 0.15) is 109 Å². The topological polar surface area (TPSA) is 75.7 Å². The van der Waals surface area contributed by atoms with Gasteiger partial charge in [-0.05, 0) is 50.3 Å². The maximum Gasteiger partial charge on any atom is 0.271 e. The van der Waals surface area contributed by atoms with E-state index in [4.69, 9.17) is 0 Å². The van der Waals surface area contributed by atoms with Crippen molar-refractivity contribution in [2.75, 3.05) is 0 Å². The molecule has 0 saturated heterocycles. The molecule has 5 rings (SSSR count). The Bertz CT molecular complexity index is 1350. The van der Waals surface area contributed by atoms with Crippen molar-refractivity contribution >= 4 is 0 Å². The monoisotopic (exact) mass is 544 g/mol. The van der Waals surface area contributed by atoms with Crippen molar-refractivity contribution in [3.8, 4) is 11.1 Å². The number of fused-ring (bicyclic) bond motifs is 1. The van der Waals surface area contributed by atoms with Crippen LogP contribution in [0.2, 0.25) is 0 Å². The highest BCUT2D eigenvalue weighted by molar-refractivity contribution is 5.69. The SMILES string of the molecule is CC.CCC.CCCCc1c(Cc2ccc(-c3ccccc3C3(C)N=NNN3)cc2)c(=O)n2n1C(C)C=CC2C. The Kier molecular flexibility index (Phi) is 11.1. The summed E-state index contributed by atoms with van der Waals surface area (Å²) < 4.78 is 4.19. The molecular weight excluding hydrogens is 496 g/mol. The van der Waals surface area contributed by atoms with Gasteiger partial charge in [-0.3, -0.25) is 9.48 Å². The number of nitrogens with one attached hydrogen (secondary N) is 2. The van der Waals surface area contributed by atoms with Crippen LogP contribution < -0.4 is 16.5 Å². The van der Waals surface area contributed by atoms with Gasteiger partial charge in [0.15, 0.2) is 5.66 Å². The number of hydrogen-bond donors (Lipinski definition) is 2. The maximum absolute atomic E-state index is 13.5. The Morgan fingerprint density at radius 1 is 0.925 bits per heavy atom. The van der Waals surface area contributed by atoms with E-state index in [0.717, 1.165) is 47.1 Å². The fraction of sp³-hybridized carbons (Fsp3) is 0.485. The third kappa shape index (κ3) is 6.47. The molecule has 3 heterocycles. The van der Waals surface area contributed by atoms with Gasteiger partial charge in [-0.1, -0.05) is 113 Å². The van der Waals surface area contributed by atoms with Crippen LogP contribution in [0.5, 0.6) is 0 Å². The average molecular weight is 545 g/mol. The van der Waals surface area contributed by atoms with Crippen LogP contribution in [0.4, 0.5) is 0 Å². The zero-order chi connectivity index (χ0) is 29.3. The molecule has 0 saturated carbocycles. The van der Waals surface area contributed by atoms with Crippen LogP contribution in [0.15, 0.2) is 75.8 Å². The number of aromatic nitrogens is 2. The first-order valence-electron chi connectivity index (χ1n) is 15.0. The average Bonchev–Trinajstić information content (AvgIpc) is 3.54. The van der Waals surface area contributed by atoms with Gasteiger partial charge in [-0.15, -0.1) is 5.11 Å². The van der Waals surface area contributed by atoms with Gasteiger partial charge in [-0.2, -0.15) is 5.43 Å². The molecule has 1 aromatic heterocycles. The molecule has 0 bridgehead atoms. The largest absolute Gasteiger partial charge is 0.279 e. The highest BCUT2D eigenvalue weighted by Gasteiger charge is 2.32. The molecule has 3 aromatic rings. The van der Waals surface area contributed by atoms with Crippen LogP contribution in [-0.2, 0) is 18.5 Å². The number of rotatable bonds is 7. The maximum atomic E-state index is 13.5. The summed E-state index contributed by atoms with van der Waals surface area (Å²) in [5, 5.41) is 8.25. The van der Waals surface area contributed by atoms with Gasteiger partial charge in [-0.25, -0.2) is 10.2 Å². The molecule has 0 fully saturated rings. The van der Waals surface area contributed by atoms with Gasteiger partial charge in [0.25, 0.3) is 5.56 Å². The molecule has 7 heteroatoms. The Balaban J connectivity index is 0.000000827. The fourth-order valence-corrected chi connectivity index (χ4v) is 5.29. The number of benzene rings is 2. The third-order valence-corrected chi connectivity index (χ3v) is 7.23. The lowest BCUT2D eigenvalue weighted by Gasteiger charge is -2.26. The standard InChI is InChI=1S/C28H34N6O.C3H8.C2H6/c1-5-6-11-26-24(27(35)34-20(3)13-12-19(2)33(26)34)18-21-14-16-22(17-15-21)23-9-7-8-10-25(23)28(4)29-31-32-30-28;1-3-2;1-2/h7-10,12-17,19-20H,5-6,11,18H2,1-4H3,(H,29,32)(H,30,31);3H2,1-2H3;1-2H3. The van der Waals surface area contributed by atoms with Gasteiger partial charge in [0.1, 0.15) is 0 Å². The summed E-state index contributed by atoms with van der Waals surface area (Å²) in [4.78, 5) is 13.5. The minimum atomic E-state index is -0.620. The smallest absolute Gasteiger partial charge is 0.271 e. The summed E-state index contributed by atoms with van der Waals surface area (Å²) in [7, 11) is 0. The van der Waals surface area contributed by atoms with Gasteiger partial charge >= 0.3 is 0 Å². The summed E-state index contributed by atoms with van der Waals surface area (Å²) in [6.07, 6.45) is 9.36. The first-order chi connectivity index (χ1) is 19.3. The van der Waals surface area contributed by atoms with E-state index in [1.54, 1.807) is 0 Å². The predicted molar refractivity (Wildman–Crippen MR) is 166 cm³/mol. The van der Waals surface area contributed by atoms with Crippen LogP contribution in [0, 0.1) is 0 Å². The first-order valence-corrected chi connectivity index (χ1v) is 15.0. The molecule has 0 spiro atoms. The zero-order valence-corrected chi connectivity index (χ0v) is 25.7. The van der Waals surface area contributed by atoms with Crippen molar-refractivity contribution in [2.24, 2.45) is 10.3 Å². The number of hydrazine groups is 1. The van der Waals surface area contributed by atoms with E-state index in [-0.39, 0.29) is 17.6 Å². The van der Waals surface area contributed by atoms with E-state index in [1.165, 1.54) is 12.1 Å². The summed E-state index contributed by atoms with van der Waals surface area (Å²) >= 11 is 0. The van der Waals surface area contributed by atoms with Crippen molar-refractivity contribution in [1.82, 2.24) is 20.3 Å². The predicted octanol–water partition coefficient (Wildman–Crippen LogP) is 8.03. The fourth-order valence-electron chi connectivity index (χ4n) is 5.29. The van der Waals surface area contributed by atoms with E-state index in [9.17, 15) is 4.79 Å². The zero-order valence-electron chi connectivity index (χ0n) is 25.7. The molecule has 7 nitrogen and oxygen atoms in total. The molecule has 40 heavy (non-hydrogen) atoms. The minimum Gasteiger partial charge on any atom is -0.279 e. The van der Waals surface area contributed by atoms with Gasteiger partial charge < -0.3 is 0 Å². The molecule has 2 aromatic carbocycles. The van der Waals surface area contributed by atoms with Crippen molar-refractivity contribution in [3.05, 3.63) is 93.4 Å². The van der Waals surface area contributed by atoms with E-state index in [1.807, 2.05) is 37.6 Å². The third-order valence-electron chi connectivity index (χ3n) is 7.23. The quantitative estimate of drug-likeness (QED) is 0.296. The second kappa shape index (κ2) is 14.3. The Morgan fingerprint density at radius 2 is 1.55 bits per heavy atom. The van der Waals surface area contributed by atoms with Gasteiger partial charge in [0, 0.05) is 23.2 Å². The molecule has 2 N–H and O–H groups in total. The molecule has 0 amide bonds. The van der Waals surface area contributed by atoms with Crippen molar-refractivity contribution in [2.45, 2.75) is 105 Å². The molecule has 3 unspecified atom stereocenters. The molecular formula is C33H48N6O. The van der Waals surface area contributed by atoms with Crippen molar-refractivity contribution in [3.63, 3.8) is 0 Å². The van der Waals surface area contributed by atoms with E-state index < -0.39 is 5.66 Å². The normalized spacial score (nSPS) is 20.6. The first kappa shape index (κ1) is 31.1. The summed E-state index contributed by atoms with van der Waals surface area (Å²) in [5.74, 6) is 0. The lowest BCUT2D eigenvalue weighted by Crippen LogP contribution is -2.39.